The van der Waals surface area contributed by atoms with E-state index >= 15 is 0 Å². The van der Waals surface area contributed by atoms with Gasteiger partial charge in [-0.1, -0.05) is 18.2 Å². The summed E-state index contributed by atoms with van der Waals surface area (Å²) in [5, 5.41) is 14.9. The third-order valence-corrected chi connectivity index (χ3v) is 6.93. The number of allylic oxidation sites excluding steroid dienone is 1. The Morgan fingerprint density at radius 1 is 1.03 bits per heavy atom. The lowest BCUT2D eigenvalue weighted by Gasteiger charge is -2.34. The van der Waals surface area contributed by atoms with Crippen LogP contribution in [0.25, 0.3) is 16.6 Å². The SMILES string of the molecule is N=C/C(=C\NC1CCN(c2cccc(NC3CCCC(=O)C3)c2)CC1)c1cnc2ccccc2n1. The van der Waals surface area contributed by atoms with Crippen LogP contribution in [0, 0.1) is 5.41 Å². The Hall–Kier alpha value is -3.74. The molecule has 7 nitrogen and oxygen atoms in total. The summed E-state index contributed by atoms with van der Waals surface area (Å²) in [7, 11) is 0. The van der Waals surface area contributed by atoms with Crippen molar-refractivity contribution in [1.82, 2.24) is 15.3 Å². The van der Waals surface area contributed by atoms with Crippen LogP contribution in [0.2, 0.25) is 0 Å². The van der Waals surface area contributed by atoms with E-state index in [-0.39, 0.29) is 6.04 Å². The largest absolute Gasteiger partial charge is 0.387 e. The highest BCUT2D eigenvalue weighted by Gasteiger charge is 2.21. The number of hydrogen-bond acceptors (Lipinski definition) is 7. The highest BCUT2D eigenvalue weighted by Crippen LogP contribution is 2.26. The minimum absolute atomic E-state index is 0.253. The van der Waals surface area contributed by atoms with Crippen LogP contribution < -0.4 is 15.5 Å². The van der Waals surface area contributed by atoms with Gasteiger partial charge in [0, 0.05) is 67.4 Å². The average Bonchev–Trinajstić information content (AvgIpc) is 2.89. The summed E-state index contributed by atoms with van der Waals surface area (Å²) in [6, 6.07) is 16.9. The fraction of sp³-hybridized carbons (Fsp3) is 0.357. The van der Waals surface area contributed by atoms with Gasteiger partial charge in [-0.2, -0.15) is 0 Å². The molecule has 1 saturated carbocycles. The second-order valence-electron chi connectivity index (χ2n) is 9.44. The molecule has 0 radical (unpaired) electrons. The van der Waals surface area contributed by atoms with Crippen molar-refractivity contribution in [1.29, 1.82) is 5.41 Å². The smallest absolute Gasteiger partial charge is 0.134 e. The van der Waals surface area contributed by atoms with E-state index in [0.29, 0.717) is 23.9 Å². The minimum Gasteiger partial charge on any atom is -0.387 e. The molecule has 0 spiro atoms. The topological polar surface area (TPSA) is 94.0 Å². The zero-order chi connectivity index (χ0) is 24.0. The molecule has 2 fully saturated rings. The van der Waals surface area contributed by atoms with Crippen LogP contribution in [0.1, 0.15) is 44.2 Å². The Bertz CT molecular complexity index is 1230. The number of carbonyl (C=O) groups excluding carboxylic acids is 1. The van der Waals surface area contributed by atoms with Gasteiger partial charge in [-0.25, -0.2) is 4.98 Å². The van der Waals surface area contributed by atoms with E-state index in [1.54, 1.807) is 6.20 Å². The summed E-state index contributed by atoms with van der Waals surface area (Å²) in [4.78, 5) is 23.3. The normalized spacial score (nSPS) is 19.5. The Morgan fingerprint density at radius 3 is 2.66 bits per heavy atom. The second kappa shape index (κ2) is 10.7. The summed E-state index contributed by atoms with van der Waals surface area (Å²) in [5.41, 5.74) is 5.43. The number of ketones is 1. The minimum atomic E-state index is 0.253. The van der Waals surface area contributed by atoms with Crippen LogP contribution in [0.4, 0.5) is 11.4 Å². The number of fused-ring (bicyclic) bond motifs is 1. The lowest BCUT2D eigenvalue weighted by molar-refractivity contribution is -0.120. The fourth-order valence-corrected chi connectivity index (χ4v) is 4.97. The number of anilines is 2. The first kappa shape index (κ1) is 23.0. The third kappa shape index (κ3) is 5.67. The van der Waals surface area contributed by atoms with Gasteiger partial charge in [-0.15, -0.1) is 0 Å². The second-order valence-corrected chi connectivity index (χ2v) is 9.44. The number of rotatable bonds is 7. The number of piperidine rings is 1. The van der Waals surface area contributed by atoms with Gasteiger partial charge in [0.15, 0.2) is 0 Å². The molecule has 5 rings (SSSR count). The molecule has 1 aliphatic carbocycles. The molecular formula is C28H32N6O. The van der Waals surface area contributed by atoms with Gasteiger partial charge in [-0.05, 0) is 56.0 Å². The van der Waals surface area contributed by atoms with Crippen molar-refractivity contribution in [3.63, 3.8) is 0 Å². The Morgan fingerprint density at radius 2 is 1.86 bits per heavy atom. The molecule has 2 heterocycles. The summed E-state index contributed by atoms with van der Waals surface area (Å²) in [6.45, 7) is 1.93. The predicted octanol–water partition coefficient (Wildman–Crippen LogP) is 4.80. The van der Waals surface area contributed by atoms with E-state index in [1.807, 2.05) is 30.5 Å². The van der Waals surface area contributed by atoms with Crippen LogP contribution in [-0.4, -0.2) is 47.1 Å². The van der Waals surface area contributed by atoms with Gasteiger partial charge in [0.1, 0.15) is 5.78 Å². The summed E-state index contributed by atoms with van der Waals surface area (Å²) < 4.78 is 0. The van der Waals surface area contributed by atoms with Crippen molar-refractivity contribution < 1.29 is 4.79 Å². The highest BCUT2D eigenvalue weighted by molar-refractivity contribution is 6.07. The summed E-state index contributed by atoms with van der Waals surface area (Å²) in [5.74, 6) is 0.368. The lowest BCUT2D eigenvalue weighted by atomic mass is 9.94. The molecule has 35 heavy (non-hydrogen) atoms. The lowest BCUT2D eigenvalue weighted by Crippen LogP contribution is -2.41. The Labute approximate surface area is 206 Å². The molecule has 1 aliphatic heterocycles. The van der Waals surface area contributed by atoms with Crippen molar-refractivity contribution in [3.05, 3.63) is 66.6 Å². The zero-order valence-corrected chi connectivity index (χ0v) is 19.9. The first-order valence-electron chi connectivity index (χ1n) is 12.5. The van der Waals surface area contributed by atoms with E-state index in [9.17, 15) is 4.79 Å². The molecule has 0 amide bonds. The van der Waals surface area contributed by atoms with Crippen LogP contribution in [0.15, 0.2) is 60.9 Å². The molecule has 3 N–H and O–H groups in total. The van der Waals surface area contributed by atoms with Crippen LogP contribution in [0.5, 0.6) is 0 Å². The van der Waals surface area contributed by atoms with Gasteiger partial charge >= 0.3 is 0 Å². The highest BCUT2D eigenvalue weighted by atomic mass is 16.1. The molecule has 1 aromatic heterocycles. The maximum atomic E-state index is 11.8. The predicted molar refractivity (Wildman–Crippen MR) is 142 cm³/mol. The number of hydrogen-bond donors (Lipinski definition) is 3. The zero-order valence-electron chi connectivity index (χ0n) is 19.9. The van der Waals surface area contributed by atoms with Crippen molar-refractivity contribution in [2.45, 2.75) is 50.6 Å². The van der Waals surface area contributed by atoms with Crippen molar-refractivity contribution in [2.75, 3.05) is 23.3 Å². The number of aromatic nitrogens is 2. The van der Waals surface area contributed by atoms with E-state index < -0.39 is 0 Å². The molecule has 3 aromatic rings. The number of Topliss-reactive ketones (excluding diaryl/α,β-unsaturated/α-hetero) is 1. The summed E-state index contributed by atoms with van der Waals surface area (Å²) in [6.07, 6.45) is 10.4. The Balaban J connectivity index is 1.17. The maximum Gasteiger partial charge on any atom is 0.134 e. The fourth-order valence-electron chi connectivity index (χ4n) is 4.97. The monoisotopic (exact) mass is 468 g/mol. The molecular weight excluding hydrogens is 436 g/mol. The van der Waals surface area contributed by atoms with E-state index in [4.69, 9.17) is 5.41 Å². The quantitative estimate of drug-likeness (QED) is 0.431. The number of para-hydroxylation sites is 2. The Kier molecular flexibility index (Phi) is 7.02. The van der Waals surface area contributed by atoms with Crippen molar-refractivity contribution >= 4 is 40.0 Å². The van der Waals surface area contributed by atoms with Gasteiger partial charge < -0.3 is 20.9 Å². The first-order chi connectivity index (χ1) is 17.2. The van der Waals surface area contributed by atoms with Gasteiger partial charge in [0.25, 0.3) is 0 Å². The maximum absolute atomic E-state index is 11.8. The number of carbonyl (C=O) groups is 1. The van der Waals surface area contributed by atoms with Crippen LogP contribution >= 0.6 is 0 Å². The first-order valence-corrected chi connectivity index (χ1v) is 12.5. The third-order valence-electron chi connectivity index (χ3n) is 6.93. The number of nitrogens with one attached hydrogen (secondary N) is 3. The number of nitrogens with zero attached hydrogens (tertiary/aromatic N) is 3. The van der Waals surface area contributed by atoms with Crippen LogP contribution in [-0.2, 0) is 4.79 Å². The van der Waals surface area contributed by atoms with Gasteiger partial charge in [0.2, 0.25) is 0 Å². The molecule has 180 valence electrons. The molecule has 1 atom stereocenters. The van der Waals surface area contributed by atoms with Crippen molar-refractivity contribution in [2.24, 2.45) is 0 Å². The van der Waals surface area contributed by atoms with E-state index in [2.05, 4.69) is 49.8 Å². The molecule has 1 saturated heterocycles. The average molecular weight is 469 g/mol. The molecule has 7 heteroatoms. The van der Waals surface area contributed by atoms with Gasteiger partial charge in [0.05, 0.1) is 22.9 Å². The molecule has 2 aromatic carbocycles. The van der Waals surface area contributed by atoms with E-state index in [0.717, 1.165) is 67.5 Å². The standard InChI is InChI=1S/C28H32N6O/c29-17-20(28-19-31-26-9-1-2-10-27(26)33-28)18-30-21-11-13-34(14-12-21)24-7-3-5-22(15-24)32-23-6-4-8-25(35)16-23/h1-3,5,7,9-10,15,17-19,21,23,29-30,32H,4,6,8,11-14,16H2/b20-18+,29-17?. The molecule has 1 unspecified atom stereocenters. The molecule has 2 aliphatic rings. The summed E-state index contributed by atoms with van der Waals surface area (Å²) >= 11 is 0. The molecule has 0 bridgehead atoms. The van der Waals surface area contributed by atoms with Crippen LogP contribution in [0.3, 0.4) is 0 Å². The van der Waals surface area contributed by atoms with Gasteiger partial charge in [-0.3, -0.25) is 9.78 Å². The van der Waals surface area contributed by atoms with E-state index in [1.165, 1.54) is 11.9 Å². The number of benzene rings is 2. The van der Waals surface area contributed by atoms with Crippen molar-refractivity contribution in [3.8, 4) is 0 Å².